The molecule has 150 valence electrons. The summed E-state index contributed by atoms with van der Waals surface area (Å²) in [6, 6.07) is 22.7. The smallest absolute Gasteiger partial charge is 0.295 e. The second-order valence-corrected chi connectivity index (χ2v) is 7.57. The Bertz CT molecular complexity index is 1200. The molecule has 4 rings (SSSR count). The maximum Gasteiger partial charge on any atom is 0.295 e. The molecule has 1 aromatic heterocycles. The van der Waals surface area contributed by atoms with Gasteiger partial charge in [-0.2, -0.15) is 0 Å². The highest BCUT2D eigenvalue weighted by atomic mass is 79.9. The van der Waals surface area contributed by atoms with Gasteiger partial charge < -0.3 is 10.1 Å². The third-order valence-corrected chi connectivity index (χ3v) is 5.11. The van der Waals surface area contributed by atoms with Crippen LogP contribution in [-0.4, -0.2) is 27.8 Å². The van der Waals surface area contributed by atoms with Gasteiger partial charge in [0.1, 0.15) is 5.75 Å². The molecular formula is C23H19BrN4O2. The van der Waals surface area contributed by atoms with Crippen molar-refractivity contribution in [2.24, 2.45) is 0 Å². The van der Waals surface area contributed by atoms with Crippen molar-refractivity contribution in [3.8, 4) is 22.8 Å². The summed E-state index contributed by atoms with van der Waals surface area (Å²) in [6.45, 7) is 2.00. The zero-order chi connectivity index (χ0) is 21.1. The van der Waals surface area contributed by atoms with Crippen molar-refractivity contribution in [3.63, 3.8) is 0 Å². The lowest BCUT2D eigenvalue weighted by Gasteiger charge is -2.08. The number of carbonyl (C=O) groups is 1. The lowest BCUT2D eigenvalue weighted by Crippen LogP contribution is -2.14. The van der Waals surface area contributed by atoms with E-state index in [1.54, 1.807) is 30.0 Å². The summed E-state index contributed by atoms with van der Waals surface area (Å²) in [6.07, 6.45) is 0. The third-order valence-electron chi connectivity index (χ3n) is 4.58. The first-order valence-electron chi connectivity index (χ1n) is 9.29. The minimum absolute atomic E-state index is 0.0824. The molecule has 3 aromatic carbocycles. The number of para-hydroxylation sites is 1. The first kappa shape index (κ1) is 19.8. The second-order valence-electron chi connectivity index (χ2n) is 6.65. The van der Waals surface area contributed by atoms with Gasteiger partial charge in [0.2, 0.25) is 5.82 Å². The summed E-state index contributed by atoms with van der Waals surface area (Å²) in [5.41, 5.74) is 3.36. The number of carbonyl (C=O) groups excluding carboxylic acids is 1. The number of hydrogen-bond donors (Lipinski definition) is 1. The van der Waals surface area contributed by atoms with Crippen LogP contribution >= 0.6 is 15.9 Å². The van der Waals surface area contributed by atoms with Gasteiger partial charge in [-0.25, -0.2) is 9.67 Å². The molecule has 30 heavy (non-hydrogen) atoms. The van der Waals surface area contributed by atoms with Gasteiger partial charge in [0, 0.05) is 21.8 Å². The topological polar surface area (TPSA) is 69.0 Å². The van der Waals surface area contributed by atoms with E-state index in [-0.39, 0.29) is 5.82 Å². The monoisotopic (exact) mass is 462 g/mol. The van der Waals surface area contributed by atoms with Crippen LogP contribution in [0.15, 0.2) is 77.3 Å². The molecule has 1 heterocycles. The molecule has 7 heteroatoms. The van der Waals surface area contributed by atoms with Crippen LogP contribution in [-0.2, 0) is 0 Å². The van der Waals surface area contributed by atoms with Crippen LogP contribution in [0.3, 0.4) is 0 Å². The van der Waals surface area contributed by atoms with Crippen molar-refractivity contribution in [2.75, 3.05) is 12.4 Å². The van der Waals surface area contributed by atoms with E-state index in [0.717, 1.165) is 21.3 Å². The van der Waals surface area contributed by atoms with E-state index in [4.69, 9.17) is 4.74 Å². The van der Waals surface area contributed by atoms with Gasteiger partial charge >= 0.3 is 0 Å². The second kappa shape index (κ2) is 8.51. The van der Waals surface area contributed by atoms with Crippen molar-refractivity contribution < 1.29 is 9.53 Å². The molecule has 4 aromatic rings. The molecule has 6 nitrogen and oxygen atoms in total. The van der Waals surface area contributed by atoms with Crippen LogP contribution in [0.5, 0.6) is 5.75 Å². The van der Waals surface area contributed by atoms with E-state index in [2.05, 4.69) is 31.3 Å². The fourth-order valence-electron chi connectivity index (χ4n) is 3.05. The lowest BCUT2D eigenvalue weighted by atomic mass is 10.2. The zero-order valence-corrected chi connectivity index (χ0v) is 18.1. The van der Waals surface area contributed by atoms with E-state index >= 15 is 0 Å². The standard InChI is InChI=1S/C23H19BrN4O2/c1-15-6-3-4-9-20(15)28-22(16-10-12-17(24)13-11-16)26-21(27-28)23(29)25-18-7-5-8-19(14-18)30-2/h3-14H,1-2H3,(H,25,29). The molecule has 0 spiro atoms. The molecular weight excluding hydrogens is 444 g/mol. The van der Waals surface area contributed by atoms with Gasteiger partial charge in [0.15, 0.2) is 5.82 Å². The molecule has 0 aliphatic rings. The number of hydrogen-bond acceptors (Lipinski definition) is 4. The molecule has 0 bridgehead atoms. The molecule has 0 saturated heterocycles. The quantitative estimate of drug-likeness (QED) is 0.438. The minimum atomic E-state index is -0.394. The fraction of sp³-hybridized carbons (Fsp3) is 0.0870. The fourth-order valence-corrected chi connectivity index (χ4v) is 3.32. The van der Waals surface area contributed by atoms with E-state index in [1.165, 1.54) is 0 Å². The van der Waals surface area contributed by atoms with E-state index in [1.807, 2.05) is 61.5 Å². The maximum absolute atomic E-state index is 12.9. The van der Waals surface area contributed by atoms with Crippen LogP contribution in [0, 0.1) is 6.92 Å². The summed E-state index contributed by atoms with van der Waals surface area (Å²) in [5.74, 6) is 0.933. The third kappa shape index (κ3) is 4.11. The normalized spacial score (nSPS) is 10.6. The van der Waals surface area contributed by atoms with Gasteiger partial charge in [-0.05, 0) is 42.8 Å². The molecule has 0 saturated carbocycles. The number of nitrogens with one attached hydrogen (secondary N) is 1. The first-order valence-corrected chi connectivity index (χ1v) is 10.1. The van der Waals surface area contributed by atoms with E-state index in [9.17, 15) is 4.79 Å². The van der Waals surface area contributed by atoms with Gasteiger partial charge in [-0.15, -0.1) is 5.10 Å². The summed E-state index contributed by atoms with van der Waals surface area (Å²) >= 11 is 3.45. The maximum atomic E-state index is 12.9. The van der Waals surface area contributed by atoms with Crippen molar-refractivity contribution >= 4 is 27.5 Å². The van der Waals surface area contributed by atoms with Crippen molar-refractivity contribution in [3.05, 3.63) is 88.7 Å². The molecule has 0 fully saturated rings. The number of methoxy groups -OCH3 is 1. The van der Waals surface area contributed by atoms with Crippen LogP contribution in [0.25, 0.3) is 17.1 Å². The van der Waals surface area contributed by atoms with Crippen LogP contribution in [0.2, 0.25) is 0 Å². The average Bonchev–Trinajstić information content (AvgIpc) is 3.20. The molecule has 0 unspecified atom stereocenters. The number of amides is 1. The summed E-state index contributed by atoms with van der Waals surface area (Å²) in [7, 11) is 1.58. The molecule has 1 N–H and O–H groups in total. The van der Waals surface area contributed by atoms with Gasteiger partial charge in [0.05, 0.1) is 12.8 Å². The van der Waals surface area contributed by atoms with Crippen LogP contribution in [0.1, 0.15) is 16.2 Å². The highest BCUT2D eigenvalue weighted by Gasteiger charge is 2.20. The van der Waals surface area contributed by atoms with Crippen molar-refractivity contribution in [2.45, 2.75) is 6.92 Å². The summed E-state index contributed by atoms with van der Waals surface area (Å²) < 4.78 is 7.88. The number of anilines is 1. The number of nitrogens with zero attached hydrogens (tertiary/aromatic N) is 3. The summed E-state index contributed by atoms with van der Waals surface area (Å²) in [5, 5.41) is 7.36. The molecule has 1 amide bonds. The lowest BCUT2D eigenvalue weighted by molar-refractivity contribution is 0.101. The average molecular weight is 463 g/mol. The summed E-state index contributed by atoms with van der Waals surface area (Å²) in [4.78, 5) is 17.4. The Kier molecular flexibility index (Phi) is 5.63. The number of halogens is 1. The van der Waals surface area contributed by atoms with Crippen LogP contribution in [0.4, 0.5) is 5.69 Å². The largest absolute Gasteiger partial charge is 0.497 e. The Morgan fingerprint density at radius 3 is 2.53 bits per heavy atom. The molecule has 0 radical (unpaired) electrons. The Morgan fingerprint density at radius 2 is 1.80 bits per heavy atom. The van der Waals surface area contributed by atoms with Gasteiger partial charge in [-0.1, -0.05) is 52.3 Å². The predicted molar refractivity (Wildman–Crippen MR) is 120 cm³/mol. The highest BCUT2D eigenvalue weighted by Crippen LogP contribution is 2.25. The van der Waals surface area contributed by atoms with Gasteiger partial charge in [-0.3, -0.25) is 4.79 Å². The first-order chi connectivity index (χ1) is 14.5. The number of benzene rings is 3. The molecule has 0 atom stereocenters. The predicted octanol–water partition coefficient (Wildman–Crippen LogP) is 5.27. The van der Waals surface area contributed by atoms with Crippen molar-refractivity contribution in [1.82, 2.24) is 14.8 Å². The zero-order valence-electron chi connectivity index (χ0n) is 16.5. The Morgan fingerprint density at radius 1 is 1.03 bits per heavy atom. The number of aryl methyl sites for hydroxylation is 1. The van der Waals surface area contributed by atoms with Crippen molar-refractivity contribution in [1.29, 1.82) is 0 Å². The minimum Gasteiger partial charge on any atom is -0.497 e. The Balaban J connectivity index is 1.75. The Labute approximate surface area is 182 Å². The SMILES string of the molecule is COc1cccc(NC(=O)c2nc(-c3ccc(Br)cc3)n(-c3ccccc3C)n2)c1. The number of rotatable bonds is 5. The Hall–Kier alpha value is -3.45. The number of aromatic nitrogens is 3. The molecule has 0 aliphatic carbocycles. The number of ether oxygens (including phenoxy) is 1. The van der Waals surface area contributed by atoms with E-state index in [0.29, 0.717) is 17.3 Å². The van der Waals surface area contributed by atoms with E-state index < -0.39 is 5.91 Å². The molecule has 0 aliphatic heterocycles. The van der Waals surface area contributed by atoms with Gasteiger partial charge in [0.25, 0.3) is 5.91 Å². The van der Waals surface area contributed by atoms with Crippen LogP contribution < -0.4 is 10.1 Å². The highest BCUT2D eigenvalue weighted by molar-refractivity contribution is 9.10.